The Morgan fingerprint density at radius 3 is 1.33 bits per heavy atom. The number of nitrogens with zero attached hydrogens (tertiary/aromatic N) is 1. The van der Waals surface area contributed by atoms with Crippen LogP contribution >= 0.6 is 0 Å². The summed E-state index contributed by atoms with van der Waals surface area (Å²) >= 11 is 0. The quantitative estimate of drug-likeness (QED) is 0.171. The highest BCUT2D eigenvalue weighted by atomic mass is 15.1. The van der Waals surface area contributed by atoms with E-state index in [-0.39, 0.29) is 21.7 Å². The van der Waals surface area contributed by atoms with E-state index in [0.717, 1.165) is 12.8 Å². The van der Waals surface area contributed by atoms with Crippen molar-refractivity contribution in [1.29, 1.82) is 0 Å². The van der Waals surface area contributed by atoms with Gasteiger partial charge in [0.05, 0.1) is 11.1 Å². The molecule has 1 nitrogen and oxygen atoms in total. The Labute approximate surface area is 382 Å². The zero-order valence-electron chi connectivity index (χ0n) is 39.4. The molecule has 0 saturated carbocycles. The Balaban J connectivity index is 1.22. The lowest BCUT2D eigenvalue weighted by Gasteiger charge is -2.43. The van der Waals surface area contributed by atoms with E-state index in [4.69, 9.17) is 0 Å². The molecule has 0 N–H and O–H groups in total. The largest absolute Gasteiger partial charge is 0.310 e. The Morgan fingerprint density at radius 1 is 0.344 bits per heavy atom. The lowest BCUT2D eigenvalue weighted by molar-refractivity contribution is 0.332. The Bertz CT molecular complexity index is 2950. The summed E-state index contributed by atoms with van der Waals surface area (Å²) in [4.78, 5) is 2.71. The normalized spacial score (nSPS) is 19.4. The topological polar surface area (TPSA) is 3.24 Å². The highest BCUT2D eigenvalue weighted by Crippen LogP contribution is 2.64. The van der Waals surface area contributed by atoms with E-state index in [0.29, 0.717) is 0 Å². The average molecular weight is 834 g/mol. The molecule has 320 valence electrons. The van der Waals surface area contributed by atoms with Crippen LogP contribution in [0.2, 0.25) is 0 Å². The fourth-order valence-corrected chi connectivity index (χ4v) is 13.4. The molecular weight excluding hydrogens is 771 g/mol. The van der Waals surface area contributed by atoms with Gasteiger partial charge < -0.3 is 4.90 Å². The summed E-state index contributed by atoms with van der Waals surface area (Å²) in [6, 6.07) is 55.5. The van der Waals surface area contributed by atoms with E-state index < -0.39 is 5.41 Å². The number of anilines is 3. The monoisotopic (exact) mass is 833 g/mol. The van der Waals surface area contributed by atoms with Crippen molar-refractivity contribution in [3.05, 3.63) is 195 Å². The third kappa shape index (κ3) is 5.55. The minimum absolute atomic E-state index is 0.0661. The number of fused-ring (bicyclic) bond motifs is 13. The first-order valence-electron chi connectivity index (χ1n) is 24.4. The summed E-state index contributed by atoms with van der Waals surface area (Å²) < 4.78 is 0. The first-order valence-corrected chi connectivity index (χ1v) is 24.4. The average Bonchev–Trinajstić information content (AvgIpc) is 3.76. The summed E-state index contributed by atoms with van der Waals surface area (Å²) in [6.07, 6.45) is 9.52. The van der Waals surface area contributed by atoms with Gasteiger partial charge in [0.1, 0.15) is 0 Å². The molecule has 5 aliphatic rings. The second-order valence-corrected chi connectivity index (χ2v) is 22.8. The molecule has 0 fully saturated rings. The van der Waals surface area contributed by atoms with E-state index >= 15 is 0 Å². The first kappa shape index (κ1) is 39.9. The van der Waals surface area contributed by atoms with Crippen LogP contribution in [0.1, 0.15) is 150 Å². The minimum Gasteiger partial charge on any atom is -0.310 e. The summed E-state index contributed by atoms with van der Waals surface area (Å²) in [5, 5.41) is 0. The van der Waals surface area contributed by atoms with Crippen molar-refractivity contribution >= 4 is 17.1 Å². The molecule has 0 heterocycles. The van der Waals surface area contributed by atoms with Gasteiger partial charge >= 0.3 is 0 Å². The Hall–Kier alpha value is -5.66. The van der Waals surface area contributed by atoms with Crippen LogP contribution in [0.25, 0.3) is 33.4 Å². The SMILES string of the molecule is CC1(C)CCC(C)(C)c2cc(N(c3ccc4c(c3)C(C)(C)CCC4(C)C)c3cc4c(cc3-c3cccc5c3CCCC5)-c3ccccc3C43c4ccccc4-c4ccccc43)ccc21. The number of aryl methyl sites for hydroxylation is 1. The van der Waals surface area contributed by atoms with Crippen LogP contribution in [0.15, 0.2) is 140 Å². The number of hydrogen-bond acceptors (Lipinski definition) is 1. The highest BCUT2D eigenvalue weighted by molar-refractivity contribution is 6.00. The van der Waals surface area contributed by atoms with Gasteiger partial charge in [-0.15, -0.1) is 0 Å². The van der Waals surface area contributed by atoms with Crippen LogP contribution in [0.4, 0.5) is 17.1 Å². The van der Waals surface area contributed by atoms with Gasteiger partial charge in [-0.1, -0.05) is 159 Å². The molecule has 0 radical (unpaired) electrons. The summed E-state index contributed by atoms with van der Waals surface area (Å²) in [6.45, 7) is 19.7. The number of rotatable bonds is 4. The lowest BCUT2D eigenvalue weighted by Crippen LogP contribution is -2.34. The smallest absolute Gasteiger partial charge is 0.0726 e. The molecule has 0 unspecified atom stereocenters. The van der Waals surface area contributed by atoms with Crippen molar-refractivity contribution in [3.63, 3.8) is 0 Å². The highest BCUT2D eigenvalue weighted by Gasteiger charge is 2.52. The molecule has 1 heteroatoms. The van der Waals surface area contributed by atoms with Crippen LogP contribution in [0.5, 0.6) is 0 Å². The van der Waals surface area contributed by atoms with Gasteiger partial charge in [0.15, 0.2) is 0 Å². The van der Waals surface area contributed by atoms with E-state index in [1.807, 2.05) is 0 Å². The molecule has 7 aromatic carbocycles. The van der Waals surface area contributed by atoms with Crippen LogP contribution in [-0.2, 0) is 39.9 Å². The molecule has 0 aromatic heterocycles. The summed E-state index contributed by atoms with van der Waals surface area (Å²) in [5.41, 5.74) is 26.4. The van der Waals surface area contributed by atoms with Gasteiger partial charge in [0, 0.05) is 16.9 Å². The second kappa shape index (κ2) is 13.7. The molecule has 0 saturated heterocycles. The van der Waals surface area contributed by atoms with Gasteiger partial charge in [-0.25, -0.2) is 0 Å². The van der Waals surface area contributed by atoms with Gasteiger partial charge in [0.25, 0.3) is 0 Å². The molecular formula is C63H63N. The van der Waals surface area contributed by atoms with Gasteiger partial charge in [0.2, 0.25) is 0 Å². The molecule has 0 amide bonds. The molecule has 12 rings (SSSR count). The maximum atomic E-state index is 2.71. The Kier molecular flexibility index (Phi) is 8.53. The fraction of sp³-hybridized carbons (Fsp3) is 0.333. The zero-order chi connectivity index (χ0) is 44.0. The van der Waals surface area contributed by atoms with Crippen LogP contribution in [0, 0.1) is 0 Å². The van der Waals surface area contributed by atoms with Crippen molar-refractivity contribution in [1.82, 2.24) is 0 Å². The van der Waals surface area contributed by atoms with Crippen molar-refractivity contribution in [2.75, 3.05) is 4.90 Å². The lowest BCUT2D eigenvalue weighted by atomic mass is 9.63. The van der Waals surface area contributed by atoms with E-state index in [9.17, 15) is 0 Å². The van der Waals surface area contributed by atoms with Crippen molar-refractivity contribution in [3.8, 4) is 33.4 Å². The third-order valence-corrected chi connectivity index (χ3v) is 17.2. The van der Waals surface area contributed by atoms with Crippen molar-refractivity contribution < 1.29 is 0 Å². The maximum absolute atomic E-state index is 2.71. The minimum atomic E-state index is -0.447. The van der Waals surface area contributed by atoms with Crippen molar-refractivity contribution in [2.24, 2.45) is 0 Å². The fourth-order valence-electron chi connectivity index (χ4n) is 13.4. The molecule has 0 atom stereocenters. The second-order valence-electron chi connectivity index (χ2n) is 22.8. The first-order chi connectivity index (χ1) is 30.7. The number of hydrogen-bond donors (Lipinski definition) is 0. The third-order valence-electron chi connectivity index (χ3n) is 17.2. The van der Waals surface area contributed by atoms with Gasteiger partial charge in [-0.2, -0.15) is 0 Å². The Morgan fingerprint density at radius 2 is 0.797 bits per heavy atom. The van der Waals surface area contributed by atoms with E-state index in [1.54, 1.807) is 0 Å². The summed E-state index contributed by atoms with van der Waals surface area (Å²) in [7, 11) is 0. The zero-order valence-corrected chi connectivity index (χ0v) is 39.4. The molecule has 0 bridgehead atoms. The standard InChI is InChI=1S/C63H63N/c1-59(2)32-34-61(5,6)56-36-41(28-30-53(56)59)64(42-29-31-54-57(37-42)62(7,8)35-33-60(54,3)4)58-39-55-48(38-49(58)44-24-17-19-40-18-9-10-20-43(40)44)47-23-13-16-27-52(47)63(55)50-25-14-11-21-45(50)46-22-12-15-26-51(46)63/h11-17,19,21-31,36-39H,9-10,18,20,32-35H2,1-8H3. The van der Waals surface area contributed by atoms with Crippen molar-refractivity contribution in [2.45, 2.75) is 134 Å². The predicted octanol–water partition coefficient (Wildman–Crippen LogP) is 16.7. The van der Waals surface area contributed by atoms with Gasteiger partial charge in [-0.05, 0) is 193 Å². The molecule has 7 aromatic rings. The molecule has 0 aliphatic heterocycles. The van der Waals surface area contributed by atoms with Crippen LogP contribution in [-0.4, -0.2) is 0 Å². The summed E-state index contributed by atoms with van der Waals surface area (Å²) in [5.74, 6) is 0. The van der Waals surface area contributed by atoms with E-state index in [1.165, 1.54) is 145 Å². The van der Waals surface area contributed by atoms with Gasteiger partial charge in [-0.3, -0.25) is 0 Å². The molecule has 1 spiro atoms. The number of benzene rings is 7. The maximum Gasteiger partial charge on any atom is 0.0726 e. The molecule has 5 aliphatic carbocycles. The molecule has 64 heavy (non-hydrogen) atoms. The predicted molar refractivity (Wildman–Crippen MR) is 270 cm³/mol. The van der Waals surface area contributed by atoms with E-state index in [2.05, 4.69) is 200 Å². The van der Waals surface area contributed by atoms with Crippen LogP contribution < -0.4 is 4.90 Å². The van der Waals surface area contributed by atoms with Crippen LogP contribution in [0.3, 0.4) is 0 Å².